The third-order valence-corrected chi connectivity index (χ3v) is 5.30. The zero-order valence-electron chi connectivity index (χ0n) is 15.5. The van der Waals surface area contributed by atoms with Crippen LogP contribution in [0.1, 0.15) is 33.6 Å². The first-order valence-electron chi connectivity index (χ1n) is 8.89. The third kappa shape index (κ3) is 5.33. The van der Waals surface area contributed by atoms with Crippen LogP contribution in [0.3, 0.4) is 0 Å². The Morgan fingerprint density at radius 1 is 1.21 bits per heavy atom. The summed E-state index contributed by atoms with van der Waals surface area (Å²) in [7, 11) is 1.87. The SMILES string of the molecule is CC(C)N(C)C(=O)C1CCN(C(=O)CN2CCNC[C@@H]2C)CC1.Cl. The molecule has 0 aliphatic carbocycles. The highest BCUT2D eigenvalue weighted by atomic mass is 35.5. The van der Waals surface area contributed by atoms with Gasteiger partial charge in [-0.3, -0.25) is 14.5 Å². The Morgan fingerprint density at radius 3 is 2.38 bits per heavy atom. The first-order chi connectivity index (χ1) is 10.9. The number of halogens is 1. The molecule has 2 saturated heterocycles. The summed E-state index contributed by atoms with van der Waals surface area (Å²) in [5.41, 5.74) is 0. The number of nitrogens with one attached hydrogen (secondary N) is 1. The zero-order valence-corrected chi connectivity index (χ0v) is 16.3. The van der Waals surface area contributed by atoms with E-state index in [0.29, 0.717) is 25.7 Å². The van der Waals surface area contributed by atoms with Gasteiger partial charge >= 0.3 is 0 Å². The number of hydrogen-bond acceptors (Lipinski definition) is 4. The molecule has 7 heteroatoms. The van der Waals surface area contributed by atoms with Gasteiger partial charge in [-0.15, -0.1) is 12.4 Å². The van der Waals surface area contributed by atoms with Crippen molar-refractivity contribution in [1.29, 1.82) is 0 Å². The Kier molecular flexibility index (Phi) is 8.46. The lowest BCUT2D eigenvalue weighted by Crippen LogP contribution is -2.54. The first-order valence-corrected chi connectivity index (χ1v) is 8.89. The molecule has 0 bridgehead atoms. The first kappa shape index (κ1) is 21.2. The van der Waals surface area contributed by atoms with Gasteiger partial charge in [-0.1, -0.05) is 0 Å². The lowest BCUT2D eigenvalue weighted by Gasteiger charge is -2.37. The van der Waals surface area contributed by atoms with Crippen molar-refractivity contribution in [3.05, 3.63) is 0 Å². The van der Waals surface area contributed by atoms with Crippen molar-refractivity contribution < 1.29 is 9.59 Å². The van der Waals surface area contributed by atoms with Crippen LogP contribution in [0.25, 0.3) is 0 Å². The summed E-state index contributed by atoms with van der Waals surface area (Å²) < 4.78 is 0. The van der Waals surface area contributed by atoms with E-state index in [9.17, 15) is 9.59 Å². The fourth-order valence-electron chi connectivity index (χ4n) is 3.31. The Hall–Kier alpha value is -0.850. The molecule has 2 amide bonds. The largest absolute Gasteiger partial charge is 0.343 e. The van der Waals surface area contributed by atoms with Crippen LogP contribution in [0.15, 0.2) is 0 Å². The Labute approximate surface area is 152 Å². The van der Waals surface area contributed by atoms with Crippen LogP contribution in [0, 0.1) is 5.92 Å². The second-order valence-corrected chi connectivity index (χ2v) is 7.22. The van der Waals surface area contributed by atoms with E-state index < -0.39 is 0 Å². The van der Waals surface area contributed by atoms with Gasteiger partial charge in [0.05, 0.1) is 6.54 Å². The van der Waals surface area contributed by atoms with Gasteiger partial charge in [0, 0.05) is 57.8 Å². The summed E-state index contributed by atoms with van der Waals surface area (Å²) in [6.45, 7) is 11.0. The topological polar surface area (TPSA) is 55.9 Å². The van der Waals surface area contributed by atoms with Crippen molar-refractivity contribution in [2.45, 2.75) is 45.7 Å². The quantitative estimate of drug-likeness (QED) is 0.806. The van der Waals surface area contributed by atoms with Gasteiger partial charge in [0.2, 0.25) is 11.8 Å². The van der Waals surface area contributed by atoms with Crippen molar-refractivity contribution >= 4 is 24.2 Å². The molecule has 24 heavy (non-hydrogen) atoms. The maximum absolute atomic E-state index is 12.5. The highest BCUT2D eigenvalue weighted by Crippen LogP contribution is 2.20. The Morgan fingerprint density at radius 2 is 1.83 bits per heavy atom. The number of rotatable bonds is 4. The average molecular weight is 361 g/mol. The molecule has 0 radical (unpaired) electrons. The highest BCUT2D eigenvalue weighted by molar-refractivity contribution is 5.85. The molecule has 2 aliphatic rings. The van der Waals surface area contributed by atoms with Crippen molar-refractivity contribution in [2.75, 3.05) is 46.3 Å². The van der Waals surface area contributed by atoms with Crippen LogP contribution in [0.2, 0.25) is 0 Å². The Bertz CT molecular complexity index is 425. The fraction of sp³-hybridized carbons (Fsp3) is 0.882. The molecule has 0 aromatic heterocycles. The minimum absolute atomic E-state index is 0. The second-order valence-electron chi connectivity index (χ2n) is 7.22. The lowest BCUT2D eigenvalue weighted by molar-refractivity contribution is -0.141. The number of nitrogens with zero attached hydrogens (tertiary/aromatic N) is 3. The van der Waals surface area contributed by atoms with Gasteiger partial charge < -0.3 is 15.1 Å². The predicted octanol–water partition coefficient (Wildman–Crippen LogP) is 0.807. The maximum Gasteiger partial charge on any atom is 0.236 e. The van der Waals surface area contributed by atoms with Crippen LogP contribution in [-0.2, 0) is 9.59 Å². The molecule has 2 aliphatic heterocycles. The molecule has 1 atom stereocenters. The van der Waals surface area contributed by atoms with E-state index in [1.165, 1.54) is 0 Å². The number of hydrogen-bond donors (Lipinski definition) is 1. The van der Waals surface area contributed by atoms with Gasteiger partial charge in [0.25, 0.3) is 0 Å². The van der Waals surface area contributed by atoms with Gasteiger partial charge in [-0.2, -0.15) is 0 Å². The van der Waals surface area contributed by atoms with Crippen LogP contribution in [0.4, 0.5) is 0 Å². The van der Waals surface area contributed by atoms with E-state index in [-0.39, 0.29) is 36.2 Å². The molecule has 0 aromatic carbocycles. The van der Waals surface area contributed by atoms with E-state index in [2.05, 4.69) is 17.1 Å². The minimum Gasteiger partial charge on any atom is -0.343 e. The molecule has 2 heterocycles. The molecular weight excluding hydrogens is 328 g/mol. The average Bonchev–Trinajstić information content (AvgIpc) is 2.55. The Balaban J connectivity index is 0.00000288. The summed E-state index contributed by atoms with van der Waals surface area (Å²) in [5.74, 6) is 0.509. The lowest BCUT2D eigenvalue weighted by atomic mass is 9.95. The van der Waals surface area contributed by atoms with Crippen molar-refractivity contribution in [3.63, 3.8) is 0 Å². The van der Waals surface area contributed by atoms with E-state index in [0.717, 1.165) is 32.5 Å². The number of piperidine rings is 1. The standard InChI is InChI=1S/C17H32N4O2.ClH/c1-13(2)19(4)17(23)15-5-8-20(9-6-15)16(22)12-21-10-7-18-11-14(21)3;/h13-15,18H,5-12H2,1-4H3;1H/t14-;/m0./s1. The van der Waals surface area contributed by atoms with E-state index in [1.54, 1.807) is 0 Å². The number of amides is 2. The van der Waals surface area contributed by atoms with Crippen molar-refractivity contribution in [1.82, 2.24) is 20.0 Å². The van der Waals surface area contributed by atoms with E-state index >= 15 is 0 Å². The molecule has 140 valence electrons. The van der Waals surface area contributed by atoms with Gasteiger partial charge in [0.15, 0.2) is 0 Å². The smallest absolute Gasteiger partial charge is 0.236 e. The number of carbonyl (C=O) groups excluding carboxylic acids is 2. The summed E-state index contributed by atoms with van der Waals surface area (Å²) in [5, 5.41) is 3.35. The maximum atomic E-state index is 12.5. The number of likely N-dealkylation sites (tertiary alicyclic amines) is 1. The predicted molar refractivity (Wildman–Crippen MR) is 98.4 cm³/mol. The fourth-order valence-corrected chi connectivity index (χ4v) is 3.31. The molecule has 0 aromatic rings. The summed E-state index contributed by atoms with van der Waals surface area (Å²) in [6.07, 6.45) is 1.58. The highest BCUT2D eigenvalue weighted by Gasteiger charge is 2.31. The minimum atomic E-state index is 0. The molecular formula is C17H33ClN4O2. The van der Waals surface area contributed by atoms with Crippen LogP contribution in [0.5, 0.6) is 0 Å². The van der Waals surface area contributed by atoms with E-state index in [1.807, 2.05) is 30.7 Å². The zero-order chi connectivity index (χ0) is 17.0. The molecule has 2 fully saturated rings. The molecule has 0 unspecified atom stereocenters. The number of piperazine rings is 1. The summed E-state index contributed by atoms with van der Waals surface area (Å²) in [4.78, 5) is 30.9. The summed E-state index contributed by atoms with van der Waals surface area (Å²) in [6, 6.07) is 0.642. The van der Waals surface area contributed by atoms with Crippen molar-refractivity contribution in [2.24, 2.45) is 5.92 Å². The molecule has 6 nitrogen and oxygen atoms in total. The van der Waals surface area contributed by atoms with E-state index in [4.69, 9.17) is 0 Å². The van der Waals surface area contributed by atoms with Crippen LogP contribution >= 0.6 is 12.4 Å². The monoisotopic (exact) mass is 360 g/mol. The molecule has 1 N–H and O–H groups in total. The second kappa shape index (κ2) is 9.59. The van der Waals surface area contributed by atoms with Gasteiger partial charge in [-0.05, 0) is 33.6 Å². The third-order valence-electron chi connectivity index (χ3n) is 5.30. The molecule has 2 rings (SSSR count). The van der Waals surface area contributed by atoms with Gasteiger partial charge in [-0.25, -0.2) is 0 Å². The normalized spacial score (nSPS) is 23.0. The molecule has 0 spiro atoms. The van der Waals surface area contributed by atoms with Crippen LogP contribution < -0.4 is 5.32 Å². The van der Waals surface area contributed by atoms with Gasteiger partial charge in [0.1, 0.15) is 0 Å². The summed E-state index contributed by atoms with van der Waals surface area (Å²) >= 11 is 0. The van der Waals surface area contributed by atoms with Crippen molar-refractivity contribution in [3.8, 4) is 0 Å². The molecule has 0 saturated carbocycles. The number of carbonyl (C=O) groups is 2. The van der Waals surface area contributed by atoms with Crippen LogP contribution in [-0.4, -0.2) is 84.9 Å².